The number of amides is 1. The lowest BCUT2D eigenvalue weighted by Gasteiger charge is -2.35. The Labute approximate surface area is 184 Å². The molecule has 0 unspecified atom stereocenters. The fraction of sp³-hybridized carbons (Fsp3) is 0.455. The smallest absolute Gasteiger partial charge is 0.256 e. The van der Waals surface area contributed by atoms with Gasteiger partial charge in [0.1, 0.15) is 17.2 Å². The molecule has 5 heterocycles. The minimum atomic E-state index is 0.0576. The lowest BCUT2D eigenvalue weighted by Crippen LogP contribution is -2.49. The van der Waals surface area contributed by atoms with E-state index in [4.69, 9.17) is 9.97 Å². The molecule has 2 aliphatic rings. The maximum Gasteiger partial charge on any atom is 0.256 e. The van der Waals surface area contributed by atoms with E-state index >= 15 is 0 Å². The van der Waals surface area contributed by atoms with Gasteiger partial charge in [0.15, 0.2) is 5.65 Å². The van der Waals surface area contributed by atoms with Crippen LogP contribution in [-0.4, -0.2) is 56.5 Å². The molecule has 3 aromatic rings. The molecule has 30 heavy (non-hydrogen) atoms. The normalized spacial score (nSPS) is 17.1. The third kappa shape index (κ3) is 3.57. The molecule has 0 atom stereocenters. The van der Waals surface area contributed by atoms with Crippen molar-refractivity contribution in [1.82, 2.24) is 24.4 Å². The standard InChI is InChI=1S/C22H25BrN6O/c1-15-13-17(20-21(25-15)29-8-4-2-3-5-19(29)26-20)22(30)28-11-9-27(10-12-28)18-7-6-16(23)14-24-18/h6-7,13-14H,2-5,8-12H2,1H3. The number of imidazole rings is 1. The summed E-state index contributed by atoms with van der Waals surface area (Å²) in [5.74, 6) is 2.08. The van der Waals surface area contributed by atoms with Crippen molar-refractivity contribution in [2.45, 2.75) is 39.2 Å². The van der Waals surface area contributed by atoms with Crippen molar-refractivity contribution < 1.29 is 4.79 Å². The Hall–Kier alpha value is -2.48. The number of anilines is 1. The third-order valence-corrected chi connectivity index (χ3v) is 6.49. The van der Waals surface area contributed by atoms with Crippen molar-refractivity contribution in [1.29, 1.82) is 0 Å². The fourth-order valence-corrected chi connectivity index (χ4v) is 4.68. The lowest BCUT2D eigenvalue weighted by molar-refractivity contribution is 0.0748. The third-order valence-electron chi connectivity index (χ3n) is 6.03. The summed E-state index contributed by atoms with van der Waals surface area (Å²) in [6.07, 6.45) is 6.29. The summed E-state index contributed by atoms with van der Waals surface area (Å²) in [7, 11) is 0. The number of carbonyl (C=O) groups excluding carboxylic acids is 1. The molecule has 0 bridgehead atoms. The molecule has 0 N–H and O–H groups in total. The average Bonchev–Trinajstić information content (AvgIpc) is 2.94. The van der Waals surface area contributed by atoms with E-state index in [-0.39, 0.29) is 5.91 Å². The van der Waals surface area contributed by atoms with Gasteiger partial charge in [-0.25, -0.2) is 15.0 Å². The van der Waals surface area contributed by atoms with Gasteiger partial charge >= 0.3 is 0 Å². The fourth-order valence-electron chi connectivity index (χ4n) is 4.44. The summed E-state index contributed by atoms with van der Waals surface area (Å²) in [6.45, 7) is 5.79. The molecule has 0 spiro atoms. The van der Waals surface area contributed by atoms with Crippen molar-refractivity contribution in [3.63, 3.8) is 0 Å². The number of halogens is 1. The molecule has 0 saturated carbocycles. The number of fused-ring (bicyclic) bond motifs is 3. The molecule has 1 amide bonds. The maximum atomic E-state index is 13.4. The molecule has 3 aromatic heterocycles. The predicted octanol–water partition coefficient (Wildman–Crippen LogP) is 3.59. The first-order valence-corrected chi connectivity index (χ1v) is 11.4. The topological polar surface area (TPSA) is 67.2 Å². The van der Waals surface area contributed by atoms with Crippen LogP contribution in [0, 0.1) is 6.92 Å². The monoisotopic (exact) mass is 468 g/mol. The molecule has 156 valence electrons. The van der Waals surface area contributed by atoms with Crippen LogP contribution in [0.25, 0.3) is 11.2 Å². The minimum absolute atomic E-state index is 0.0576. The number of rotatable bonds is 2. The number of hydrogen-bond acceptors (Lipinski definition) is 5. The number of pyridine rings is 2. The summed E-state index contributed by atoms with van der Waals surface area (Å²) in [5.41, 5.74) is 3.19. The highest BCUT2D eigenvalue weighted by atomic mass is 79.9. The Balaban J connectivity index is 1.39. The van der Waals surface area contributed by atoms with Gasteiger partial charge in [-0.3, -0.25) is 4.79 Å². The van der Waals surface area contributed by atoms with Gasteiger partial charge in [0.05, 0.1) is 5.56 Å². The Bertz CT molecular complexity index is 1090. The molecule has 0 radical (unpaired) electrons. The van der Waals surface area contributed by atoms with Crippen LogP contribution in [0.5, 0.6) is 0 Å². The van der Waals surface area contributed by atoms with Crippen molar-refractivity contribution in [2.75, 3.05) is 31.1 Å². The van der Waals surface area contributed by atoms with Crippen LogP contribution in [0.1, 0.15) is 41.1 Å². The maximum absolute atomic E-state index is 13.4. The summed E-state index contributed by atoms with van der Waals surface area (Å²) >= 11 is 3.43. The summed E-state index contributed by atoms with van der Waals surface area (Å²) in [6, 6.07) is 5.91. The molecule has 7 nitrogen and oxygen atoms in total. The molecular formula is C22H25BrN6O. The van der Waals surface area contributed by atoms with Crippen molar-refractivity contribution in [3.8, 4) is 0 Å². The van der Waals surface area contributed by atoms with E-state index in [0.717, 1.165) is 71.9 Å². The molecule has 5 rings (SSSR count). The Morgan fingerprint density at radius 3 is 2.63 bits per heavy atom. The van der Waals surface area contributed by atoms with Crippen LogP contribution in [-0.2, 0) is 13.0 Å². The van der Waals surface area contributed by atoms with Gasteiger partial charge in [0, 0.05) is 55.5 Å². The Morgan fingerprint density at radius 1 is 1.03 bits per heavy atom. The van der Waals surface area contributed by atoms with Gasteiger partial charge in [0.25, 0.3) is 5.91 Å². The minimum Gasteiger partial charge on any atom is -0.353 e. The van der Waals surface area contributed by atoms with Crippen molar-refractivity contribution in [3.05, 3.63) is 46.0 Å². The quantitative estimate of drug-likeness (QED) is 0.574. The lowest BCUT2D eigenvalue weighted by atomic mass is 10.1. The highest BCUT2D eigenvalue weighted by Crippen LogP contribution is 2.25. The van der Waals surface area contributed by atoms with E-state index < -0.39 is 0 Å². The van der Waals surface area contributed by atoms with Crippen molar-refractivity contribution in [2.24, 2.45) is 0 Å². The van der Waals surface area contributed by atoms with E-state index in [1.165, 1.54) is 6.42 Å². The first kappa shape index (κ1) is 19.5. The zero-order chi connectivity index (χ0) is 20.7. The zero-order valence-corrected chi connectivity index (χ0v) is 18.7. The second kappa shape index (κ2) is 7.98. The number of nitrogens with zero attached hydrogens (tertiary/aromatic N) is 6. The van der Waals surface area contributed by atoms with Crippen LogP contribution < -0.4 is 4.90 Å². The van der Waals surface area contributed by atoms with Crippen LogP contribution in [0.15, 0.2) is 28.9 Å². The highest BCUT2D eigenvalue weighted by molar-refractivity contribution is 9.10. The number of carbonyl (C=O) groups is 1. The van der Waals surface area contributed by atoms with Crippen LogP contribution in [0.2, 0.25) is 0 Å². The van der Waals surface area contributed by atoms with Gasteiger partial charge in [0.2, 0.25) is 0 Å². The Morgan fingerprint density at radius 2 is 1.87 bits per heavy atom. The van der Waals surface area contributed by atoms with Crippen LogP contribution in [0.4, 0.5) is 5.82 Å². The van der Waals surface area contributed by atoms with E-state index in [2.05, 4.69) is 30.4 Å². The van der Waals surface area contributed by atoms with Crippen molar-refractivity contribution >= 4 is 38.8 Å². The number of piperazine rings is 1. The predicted molar refractivity (Wildman–Crippen MR) is 120 cm³/mol. The summed E-state index contributed by atoms with van der Waals surface area (Å²) < 4.78 is 3.19. The first-order chi connectivity index (χ1) is 14.6. The zero-order valence-electron chi connectivity index (χ0n) is 17.1. The van der Waals surface area contributed by atoms with Gasteiger partial charge in [-0.1, -0.05) is 6.42 Å². The molecule has 1 saturated heterocycles. The van der Waals surface area contributed by atoms with Gasteiger partial charge < -0.3 is 14.4 Å². The van der Waals surface area contributed by atoms with Crippen LogP contribution in [0.3, 0.4) is 0 Å². The van der Waals surface area contributed by atoms with Gasteiger partial charge in [-0.2, -0.15) is 0 Å². The largest absolute Gasteiger partial charge is 0.353 e. The molecule has 0 aromatic carbocycles. The summed E-state index contributed by atoms with van der Waals surface area (Å²) in [5, 5.41) is 0. The van der Waals surface area contributed by atoms with E-state index in [9.17, 15) is 4.79 Å². The molecular weight excluding hydrogens is 444 g/mol. The first-order valence-electron chi connectivity index (χ1n) is 10.6. The molecule has 8 heteroatoms. The molecule has 1 fully saturated rings. The van der Waals surface area contributed by atoms with Gasteiger partial charge in [-0.05, 0) is 53.9 Å². The molecule has 0 aliphatic carbocycles. The van der Waals surface area contributed by atoms with E-state index in [0.29, 0.717) is 18.7 Å². The highest BCUT2D eigenvalue weighted by Gasteiger charge is 2.27. The summed E-state index contributed by atoms with van der Waals surface area (Å²) in [4.78, 5) is 31.7. The molecule has 2 aliphatic heterocycles. The number of aromatic nitrogens is 4. The van der Waals surface area contributed by atoms with E-state index in [1.54, 1.807) is 0 Å². The second-order valence-corrected chi connectivity index (χ2v) is 9.00. The average molecular weight is 469 g/mol. The van der Waals surface area contributed by atoms with E-state index in [1.807, 2.05) is 36.2 Å². The van der Waals surface area contributed by atoms with Crippen LogP contribution >= 0.6 is 15.9 Å². The van der Waals surface area contributed by atoms with Gasteiger partial charge in [-0.15, -0.1) is 0 Å². The Kier molecular flexibility index (Phi) is 5.18. The number of hydrogen-bond donors (Lipinski definition) is 0. The SMILES string of the molecule is Cc1cc(C(=O)N2CCN(c3ccc(Br)cn3)CC2)c2nc3n(c2n1)CCCCC3. The second-order valence-electron chi connectivity index (χ2n) is 8.09. The number of aryl methyl sites for hydroxylation is 3.